The number of hydrogen-bond acceptors (Lipinski definition) is 3. The zero-order valence-corrected chi connectivity index (χ0v) is 10.9. The van der Waals surface area contributed by atoms with Crippen molar-refractivity contribution in [1.82, 2.24) is 9.88 Å². The highest BCUT2D eigenvalue weighted by Crippen LogP contribution is 2.24. The van der Waals surface area contributed by atoms with Crippen molar-refractivity contribution in [3.63, 3.8) is 0 Å². The Bertz CT molecular complexity index is 377. The molecule has 0 saturated heterocycles. The van der Waals surface area contributed by atoms with Crippen molar-refractivity contribution < 1.29 is 9.53 Å². The maximum Gasteiger partial charge on any atom is 0.415 e. The second-order valence-corrected chi connectivity index (χ2v) is 4.13. The van der Waals surface area contributed by atoms with Gasteiger partial charge in [0.05, 0.1) is 6.54 Å². The van der Waals surface area contributed by atoms with Gasteiger partial charge in [-0.05, 0) is 12.0 Å². The molecule has 4 nitrogen and oxygen atoms in total. The van der Waals surface area contributed by atoms with Crippen LogP contribution in [-0.4, -0.2) is 22.5 Å². The predicted molar refractivity (Wildman–Crippen MR) is 66.9 cm³/mol. The van der Waals surface area contributed by atoms with Gasteiger partial charge in [-0.15, -0.1) is 0 Å². The molecule has 0 bridgehead atoms. The van der Waals surface area contributed by atoms with Crippen molar-refractivity contribution in [2.24, 2.45) is 5.92 Å². The van der Waals surface area contributed by atoms with Crippen molar-refractivity contribution in [3.8, 4) is 5.75 Å². The van der Waals surface area contributed by atoms with E-state index in [-0.39, 0.29) is 6.09 Å². The van der Waals surface area contributed by atoms with Gasteiger partial charge in [-0.1, -0.05) is 27.7 Å². The molecule has 0 fully saturated rings. The van der Waals surface area contributed by atoms with Crippen LogP contribution in [0.3, 0.4) is 0 Å². The van der Waals surface area contributed by atoms with Gasteiger partial charge < -0.3 is 9.64 Å². The van der Waals surface area contributed by atoms with Gasteiger partial charge in [-0.25, -0.2) is 4.79 Å². The van der Waals surface area contributed by atoms with Gasteiger partial charge in [0.15, 0.2) is 0 Å². The average Bonchev–Trinajstić information content (AvgIpc) is 2.32. The quantitative estimate of drug-likeness (QED) is 0.792. The van der Waals surface area contributed by atoms with Crippen LogP contribution in [0.5, 0.6) is 5.75 Å². The van der Waals surface area contributed by atoms with Gasteiger partial charge in [0.1, 0.15) is 5.75 Å². The largest absolute Gasteiger partial charge is 0.415 e. The molecule has 94 valence electrons. The first-order valence-electron chi connectivity index (χ1n) is 6.06. The zero-order chi connectivity index (χ0) is 12.8. The summed E-state index contributed by atoms with van der Waals surface area (Å²) >= 11 is 0. The fraction of sp³-hybridized carbons (Fsp3) is 0.538. The number of hydrogen-bond donors (Lipinski definition) is 0. The molecular weight excluding hydrogens is 216 g/mol. The molecule has 0 N–H and O–H groups in total. The van der Waals surface area contributed by atoms with Crippen LogP contribution in [0, 0.1) is 5.92 Å². The minimum absolute atomic E-state index is 0.262. The van der Waals surface area contributed by atoms with Crippen molar-refractivity contribution in [3.05, 3.63) is 24.0 Å². The van der Waals surface area contributed by atoms with Crippen LogP contribution in [0.25, 0.3) is 0 Å². The maximum atomic E-state index is 11.6. The lowest BCUT2D eigenvalue weighted by molar-refractivity contribution is 0.132. The van der Waals surface area contributed by atoms with Crippen LogP contribution in [0.1, 0.15) is 33.3 Å². The van der Waals surface area contributed by atoms with E-state index in [2.05, 4.69) is 18.8 Å². The number of carbonyl (C=O) groups excluding carboxylic acids is 1. The normalized spacial score (nSPS) is 13.7. The Hall–Kier alpha value is -1.58. The van der Waals surface area contributed by atoms with E-state index >= 15 is 0 Å². The number of rotatable bonds is 2. The Morgan fingerprint density at radius 1 is 1.47 bits per heavy atom. The number of aromatic nitrogens is 1. The highest BCUT2D eigenvalue weighted by atomic mass is 16.6. The minimum atomic E-state index is -0.262. The SMILES string of the molecule is CC.CC(C)CN1Cc2cnccc2OC1=O. The van der Waals surface area contributed by atoms with Crippen LogP contribution in [0.4, 0.5) is 4.79 Å². The first-order valence-corrected chi connectivity index (χ1v) is 6.06. The molecule has 0 radical (unpaired) electrons. The Morgan fingerprint density at radius 3 is 2.82 bits per heavy atom. The average molecular weight is 236 g/mol. The Balaban J connectivity index is 0.000000686. The first-order chi connectivity index (χ1) is 8.16. The Labute approximate surface area is 103 Å². The lowest BCUT2D eigenvalue weighted by atomic mass is 10.1. The smallest absolute Gasteiger partial charge is 0.410 e. The van der Waals surface area contributed by atoms with Crippen LogP contribution in [0.15, 0.2) is 18.5 Å². The number of amides is 1. The van der Waals surface area contributed by atoms with Gasteiger partial charge >= 0.3 is 6.09 Å². The van der Waals surface area contributed by atoms with E-state index in [4.69, 9.17) is 4.74 Å². The van der Waals surface area contributed by atoms with E-state index in [9.17, 15) is 4.79 Å². The zero-order valence-electron chi connectivity index (χ0n) is 10.9. The fourth-order valence-corrected chi connectivity index (χ4v) is 1.64. The van der Waals surface area contributed by atoms with Crippen LogP contribution < -0.4 is 4.74 Å². The highest BCUT2D eigenvalue weighted by Gasteiger charge is 2.24. The molecular formula is C13H20N2O2. The third-order valence-electron chi connectivity index (χ3n) is 2.26. The van der Waals surface area contributed by atoms with Crippen LogP contribution >= 0.6 is 0 Å². The topological polar surface area (TPSA) is 42.4 Å². The van der Waals surface area contributed by atoms with E-state index in [1.165, 1.54) is 0 Å². The van der Waals surface area contributed by atoms with Gasteiger partial charge in [-0.3, -0.25) is 4.98 Å². The second-order valence-electron chi connectivity index (χ2n) is 4.13. The lowest BCUT2D eigenvalue weighted by Gasteiger charge is -2.28. The van der Waals surface area contributed by atoms with Crippen LogP contribution in [-0.2, 0) is 6.54 Å². The highest BCUT2D eigenvalue weighted by molar-refractivity contribution is 5.73. The molecule has 2 heterocycles. The van der Waals surface area contributed by atoms with E-state index in [0.717, 1.165) is 5.56 Å². The second kappa shape index (κ2) is 6.23. The molecule has 0 aliphatic carbocycles. The van der Waals surface area contributed by atoms with Crippen molar-refractivity contribution in [2.45, 2.75) is 34.2 Å². The predicted octanol–water partition coefficient (Wildman–Crippen LogP) is 3.08. The van der Waals surface area contributed by atoms with Crippen LogP contribution in [0.2, 0.25) is 0 Å². The fourth-order valence-electron chi connectivity index (χ4n) is 1.64. The van der Waals surface area contributed by atoms with E-state index < -0.39 is 0 Å². The third-order valence-corrected chi connectivity index (χ3v) is 2.26. The standard InChI is InChI=1S/C11H14N2O2.C2H6/c1-8(2)6-13-7-9-5-12-4-3-10(9)15-11(13)14;1-2/h3-5,8H,6-7H2,1-2H3;1-2H3. The first kappa shape index (κ1) is 13.5. The Morgan fingerprint density at radius 2 is 2.18 bits per heavy atom. The van der Waals surface area contributed by atoms with Gasteiger partial charge in [-0.2, -0.15) is 0 Å². The van der Waals surface area contributed by atoms with Crippen molar-refractivity contribution in [1.29, 1.82) is 0 Å². The Kier molecular flexibility index (Phi) is 4.94. The molecule has 2 rings (SSSR count). The third kappa shape index (κ3) is 3.44. The molecule has 1 aromatic rings. The molecule has 1 aromatic heterocycles. The summed E-state index contributed by atoms with van der Waals surface area (Å²) < 4.78 is 5.19. The van der Waals surface area contributed by atoms with Gasteiger partial charge in [0.2, 0.25) is 0 Å². The summed E-state index contributed by atoms with van der Waals surface area (Å²) in [5.74, 6) is 1.07. The van der Waals surface area contributed by atoms with Gasteiger partial charge in [0, 0.05) is 24.5 Å². The number of ether oxygens (including phenoxy) is 1. The molecule has 1 aliphatic rings. The number of fused-ring (bicyclic) bond motifs is 1. The molecule has 0 spiro atoms. The number of carbonyl (C=O) groups is 1. The summed E-state index contributed by atoms with van der Waals surface area (Å²) in [5.41, 5.74) is 0.970. The molecule has 0 saturated carbocycles. The molecule has 17 heavy (non-hydrogen) atoms. The van der Waals surface area contributed by atoms with E-state index in [1.807, 2.05) is 13.8 Å². The van der Waals surface area contributed by atoms with E-state index in [0.29, 0.717) is 24.8 Å². The minimum Gasteiger partial charge on any atom is -0.410 e. The van der Waals surface area contributed by atoms with Crippen molar-refractivity contribution >= 4 is 6.09 Å². The molecule has 4 heteroatoms. The summed E-state index contributed by atoms with van der Waals surface area (Å²) in [4.78, 5) is 17.3. The van der Waals surface area contributed by atoms with E-state index in [1.54, 1.807) is 23.4 Å². The summed E-state index contributed by atoms with van der Waals surface area (Å²) in [5, 5.41) is 0. The molecule has 0 aromatic carbocycles. The summed E-state index contributed by atoms with van der Waals surface area (Å²) in [7, 11) is 0. The van der Waals surface area contributed by atoms with Crippen molar-refractivity contribution in [2.75, 3.05) is 6.54 Å². The number of nitrogens with zero attached hydrogens (tertiary/aromatic N) is 2. The molecule has 0 unspecified atom stereocenters. The molecule has 1 amide bonds. The molecule has 0 atom stereocenters. The maximum absolute atomic E-state index is 11.6. The van der Waals surface area contributed by atoms with Gasteiger partial charge in [0.25, 0.3) is 0 Å². The lowest BCUT2D eigenvalue weighted by Crippen LogP contribution is -2.39. The summed E-state index contributed by atoms with van der Waals surface area (Å²) in [6.07, 6.45) is 3.11. The molecule has 1 aliphatic heterocycles. The monoisotopic (exact) mass is 236 g/mol. The number of pyridine rings is 1. The summed E-state index contributed by atoms with van der Waals surface area (Å²) in [6, 6.07) is 1.72. The summed E-state index contributed by atoms with van der Waals surface area (Å²) in [6.45, 7) is 9.46.